The Morgan fingerprint density at radius 1 is 1.23 bits per heavy atom. The van der Waals surface area contributed by atoms with Crippen molar-refractivity contribution in [1.29, 1.82) is 0 Å². The number of sulfonamides is 1. The maximum Gasteiger partial charge on any atom is 0.263 e. The summed E-state index contributed by atoms with van der Waals surface area (Å²) in [4.78, 5) is 4.27. The Kier molecular flexibility index (Phi) is 4.87. The second-order valence-electron chi connectivity index (χ2n) is 4.52. The molecule has 0 amide bonds. The molecule has 0 fully saturated rings. The van der Waals surface area contributed by atoms with Crippen LogP contribution in [0.25, 0.3) is 0 Å². The maximum absolute atomic E-state index is 12.5. The number of hydrogen-bond acceptors (Lipinski definition) is 5. The lowest BCUT2D eigenvalue weighted by molar-refractivity contribution is 0.339. The molecule has 0 unspecified atom stereocenters. The van der Waals surface area contributed by atoms with E-state index in [2.05, 4.69) is 9.71 Å². The number of hydrogen-bond donors (Lipinski definition) is 1. The van der Waals surface area contributed by atoms with Gasteiger partial charge in [0.15, 0.2) is 11.6 Å². The Labute approximate surface area is 130 Å². The van der Waals surface area contributed by atoms with Gasteiger partial charge in [-0.25, -0.2) is 13.4 Å². The van der Waals surface area contributed by atoms with Crippen LogP contribution in [-0.2, 0) is 10.0 Å². The molecule has 6 nitrogen and oxygen atoms in total. The second-order valence-corrected chi connectivity index (χ2v) is 6.20. The van der Waals surface area contributed by atoms with Crippen LogP contribution >= 0.6 is 0 Å². The molecular weight excluding hydrogens is 304 g/mol. The van der Waals surface area contributed by atoms with Gasteiger partial charge in [0.25, 0.3) is 10.0 Å². The molecule has 2 rings (SSSR count). The number of nitrogens with zero attached hydrogens (tertiary/aromatic N) is 1. The van der Waals surface area contributed by atoms with Crippen molar-refractivity contribution in [3.63, 3.8) is 0 Å². The fourth-order valence-electron chi connectivity index (χ4n) is 1.87. The molecule has 0 saturated heterocycles. The van der Waals surface area contributed by atoms with E-state index in [1.165, 1.54) is 19.2 Å². The summed E-state index contributed by atoms with van der Waals surface area (Å²) in [5.41, 5.74) is 0.682. The van der Waals surface area contributed by atoms with Crippen LogP contribution in [0.5, 0.6) is 11.5 Å². The zero-order valence-corrected chi connectivity index (χ0v) is 13.5. The van der Waals surface area contributed by atoms with Gasteiger partial charge in [-0.2, -0.15) is 0 Å². The molecule has 1 N–H and O–H groups in total. The van der Waals surface area contributed by atoms with Crippen molar-refractivity contribution in [2.75, 3.05) is 18.4 Å². The molecule has 2 aromatic rings. The van der Waals surface area contributed by atoms with Gasteiger partial charge in [0.2, 0.25) is 0 Å². The van der Waals surface area contributed by atoms with Crippen LogP contribution < -0.4 is 14.2 Å². The predicted molar refractivity (Wildman–Crippen MR) is 83.9 cm³/mol. The Bertz CT molecular complexity index is 760. The highest BCUT2D eigenvalue weighted by molar-refractivity contribution is 7.92. The second kappa shape index (κ2) is 6.65. The van der Waals surface area contributed by atoms with Crippen LogP contribution in [0.1, 0.15) is 12.6 Å². The third-order valence-corrected chi connectivity index (χ3v) is 4.21. The molecule has 0 aliphatic rings. The average molecular weight is 322 g/mol. The summed E-state index contributed by atoms with van der Waals surface area (Å²) in [5, 5.41) is 0. The summed E-state index contributed by atoms with van der Waals surface area (Å²) in [6.45, 7) is 4.07. The zero-order chi connectivity index (χ0) is 16.2. The lowest BCUT2D eigenvalue weighted by atomic mass is 10.3. The largest absolute Gasteiger partial charge is 0.494 e. The van der Waals surface area contributed by atoms with E-state index in [1.807, 2.05) is 6.92 Å². The molecule has 0 saturated carbocycles. The lowest BCUT2D eigenvalue weighted by Gasteiger charge is -2.12. The van der Waals surface area contributed by atoms with Gasteiger partial charge < -0.3 is 9.47 Å². The van der Waals surface area contributed by atoms with Gasteiger partial charge in [0, 0.05) is 11.8 Å². The summed E-state index contributed by atoms with van der Waals surface area (Å²) >= 11 is 0. The number of aryl methyl sites for hydroxylation is 1. The minimum absolute atomic E-state index is 0.101. The van der Waals surface area contributed by atoms with Gasteiger partial charge in [-0.3, -0.25) is 4.72 Å². The van der Waals surface area contributed by atoms with Crippen molar-refractivity contribution in [3.05, 3.63) is 42.1 Å². The van der Waals surface area contributed by atoms with Crippen LogP contribution in [0.4, 0.5) is 5.82 Å². The average Bonchev–Trinajstić information content (AvgIpc) is 2.48. The Balaban J connectivity index is 2.35. The summed E-state index contributed by atoms with van der Waals surface area (Å²) in [7, 11) is -2.32. The van der Waals surface area contributed by atoms with Gasteiger partial charge >= 0.3 is 0 Å². The first-order chi connectivity index (χ1) is 10.5. The fraction of sp³-hybridized carbons (Fsp3) is 0.267. The van der Waals surface area contributed by atoms with Gasteiger partial charge in [-0.15, -0.1) is 0 Å². The standard InChI is InChI=1S/C15H18N2O4S/c1-4-21-12-6-5-7-13(10-12)22(18,19)17-15-14(20-3)9-8-11(2)16-15/h5-10H,4H2,1-3H3,(H,16,17). The van der Waals surface area contributed by atoms with E-state index in [4.69, 9.17) is 9.47 Å². The minimum Gasteiger partial charge on any atom is -0.494 e. The molecule has 0 spiro atoms. The summed E-state index contributed by atoms with van der Waals surface area (Å²) in [5.74, 6) is 1.01. The number of benzene rings is 1. The van der Waals surface area contributed by atoms with Gasteiger partial charge in [-0.05, 0) is 38.1 Å². The number of rotatable bonds is 6. The van der Waals surface area contributed by atoms with Crippen molar-refractivity contribution < 1.29 is 17.9 Å². The summed E-state index contributed by atoms with van der Waals surface area (Å²) in [6, 6.07) is 9.69. The number of anilines is 1. The zero-order valence-electron chi connectivity index (χ0n) is 12.7. The minimum atomic E-state index is -3.78. The molecule has 0 aliphatic heterocycles. The highest BCUT2D eigenvalue weighted by Gasteiger charge is 2.18. The topological polar surface area (TPSA) is 77.5 Å². The van der Waals surface area contributed by atoms with E-state index in [-0.39, 0.29) is 10.7 Å². The van der Waals surface area contributed by atoms with E-state index in [1.54, 1.807) is 31.2 Å². The van der Waals surface area contributed by atoms with Gasteiger partial charge in [0.05, 0.1) is 18.6 Å². The Morgan fingerprint density at radius 2 is 2.00 bits per heavy atom. The number of pyridine rings is 1. The van der Waals surface area contributed by atoms with E-state index in [9.17, 15) is 8.42 Å². The van der Waals surface area contributed by atoms with Crippen LogP contribution in [-0.4, -0.2) is 27.1 Å². The molecule has 22 heavy (non-hydrogen) atoms. The SMILES string of the molecule is CCOc1cccc(S(=O)(=O)Nc2nc(C)ccc2OC)c1. The van der Waals surface area contributed by atoms with Crippen LogP contribution in [0.15, 0.2) is 41.3 Å². The van der Waals surface area contributed by atoms with Gasteiger partial charge in [0.1, 0.15) is 5.75 Å². The maximum atomic E-state index is 12.5. The molecule has 0 bridgehead atoms. The fourth-order valence-corrected chi connectivity index (χ4v) is 2.91. The van der Waals surface area contributed by atoms with Crippen LogP contribution in [0.3, 0.4) is 0 Å². The number of ether oxygens (including phenoxy) is 2. The van der Waals surface area contributed by atoms with Crippen LogP contribution in [0, 0.1) is 6.92 Å². The number of aromatic nitrogens is 1. The predicted octanol–water partition coefficient (Wildman–Crippen LogP) is 2.60. The Morgan fingerprint density at radius 3 is 2.68 bits per heavy atom. The van der Waals surface area contributed by atoms with E-state index in [0.29, 0.717) is 23.8 Å². The lowest BCUT2D eigenvalue weighted by Crippen LogP contribution is -2.15. The van der Waals surface area contributed by atoms with E-state index < -0.39 is 10.0 Å². The molecule has 0 radical (unpaired) electrons. The monoisotopic (exact) mass is 322 g/mol. The van der Waals surface area contributed by atoms with E-state index in [0.717, 1.165) is 0 Å². The molecule has 7 heteroatoms. The quantitative estimate of drug-likeness (QED) is 0.884. The van der Waals surface area contributed by atoms with Crippen molar-refractivity contribution in [1.82, 2.24) is 4.98 Å². The van der Waals surface area contributed by atoms with Gasteiger partial charge in [-0.1, -0.05) is 6.07 Å². The number of nitrogens with one attached hydrogen (secondary N) is 1. The highest BCUT2D eigenvalue weighted by Crippen LogP contribution is 2.26. The number of methoxy groups -OCH3 is 1. The third kappa shape index (κ3) is 3.67. The summed E-state index contributed by atoms with van der Waals surface area (Å²) < 4.78 is 37.8. The normalized spacial score (nSPS) is 11.0. The van der Waals surface area contributed by atoms with Crippen molar-refractivity contribution in [2.45, 2.75) is 18.7 Å². The molecule has 1 aromatic heterocycles. The molecule has 0 atom stereocenters. The molecule has 1 heterocycles. The third-order valence-electron chi connectivity index (χ3n) is 2.88. The van der Waals surface area contributed by atoms with Crippen LogP contribution in [0.2, 0.25) is 0 Å². The molecule has 0 aliphatic carbocycles. The first kappa shape index (κ1) is 16.1. The smallest absolute Gasteiger partial charge is 0.263 e. The highest BCUT2D eigenvalue weighted by atomic mass is 32.2. The Hall–Kier alpha value is -2.28. The van der Waals surface area contributed by atoms with Crippen molar-refractivity contribution in [3.8, 4) is 11.5 Å². The molecular formula is C15H18N2O4S. The van der Waals surface area contributed by atoms with Crippen molar-refractivity contribution in [2.24, 2.45) is 0 Å². The first-order valence-corrected chi connectivity index (χ1v) is 8.22. The molecule has 1 aromatic carbocycles. The first-order valence-electron chi connectivity index (χ1n) is 6.73. The van der Waals surface area contributed by atoms with Crippen molar-refractivity contribution >= 4 is 15.8 Å². The molecule has 118 valence electrons. The van der Waals surface area contributed by atoms with E-state index >= 15 is 0 Å². The summed E-state index contributed by atoms with van der Waals surface area (Å²) in [6.07, 6.45) is 0.